The molecule has 0 aromatic heterocycles. The molecular formula is C26H32N2O5. The highest BCUT2D eigenvalue weighted by molar-refractivity contribution is 5.89. The van der Waals surface area contributed by atoms with Crippen LogP contribution in [0.1, 0.15) is 63.0 Å². The molecule has 0 aliphatic heterocycles. The number of carboxylic acids is 1. The van der Waals surface area contributed by atoms with Gasteiger partial charge >= 0.3 is 12.1 Å². The summed E-state index contributed by atoms with van der Waals surface area (Å²) in [5, 5.41) is 14.6. The van der Waals surface area contributed by atoms with Crippen LogP contribution in [-0.2, 0) is 14.3 Å². The number of carbonyl (C=O) groups excluding carboxylic acids is 2. The van der Waals surface area contributed by atoms with Crippen molar-refractivity contribution in [2.24, 2.45) is 0 Å². The minimum absolute atomic E-state index is 0.0768. The molecule has 2 aromatic rings. The standard InChI is InChI=1S/C26H32N2O5/c1-3-5-15-23(25(30)31)27-24(29)22(10-4-2)28-26(32)33-16-21-19-13-8-6-11-17(19)18-12-7-9-14-20(18)21/h6-9,11-14,21-23H,3-5,10,15-16H2,1-2H3,(H,27,29)(H,28,32)(H,30,31)/t22-,23?/m0/s1. The number of fused-ring (bicyclic) bond motifs is 3. The maximum atomic E-state index is 12.7. The van der Waals surface area contributed by atoms with Gasteiger partial charge in [-0.1, -0.05) is 81.6 Å². The third kappa shape index (κ3) is 5.92. The summed E-state index contributed by atoms with van der Waals surface area (Å²) in [7, 11) is 0. The number of carbonyl (C=O) groups is 3. The Morgan fingerprint density at radius 3 is 2.03 bits per heavy atom. The third-order valence-electron chi connectivity index (χ3n) is 5.99. The Bertz CT molecular complexity index is 945. The van der Waals surface area contributed by atoms with Gasteiger partial charge in [0.1, 0.15) is 18.7 Å². The zero-order valence-corrected chi connectivity index (χ0v) is 19.2. The molecule has 1 aliphatic carbocycles. The van der Waals surface area contributed by atoms with Crippen molar-refractivity contribution < 1.29 is 24.2 Å². The zero-order chi connectivity index (χ0) is 23.8. The third-order valence-corrected chi connectivity index (χ3v) is 5.99. The summed E-state index contributed by atoms with van der Waals surface area (Å²) in [6.45, 7) is 4.00. The fourth-order valence-corrected chi connectivity index (χ4v) is 4.28. The van der Waals surface area contributed by atoms with E-state index in [1.807, 2.05) is 50.2 Å². The first-order valence-corrected chi connectivity index (χ1v) is 11.6. The smallest absolute Gasteiger partial charge is 0.407 e. The van der Waals surface area contributed by atoms with Crippen LogP contribution in [0, 0.1) is 0 Å². The van der Waals surface area contributed by atoms with Gasteiger partial charge in [0.05, 0.1) is 0 Å². The van der Waals surface area contributed by atoms with Crippen LogP contribution >= 0.6 is 0 Å². The first-order chi connectivity index (χ1) is 16.0. The van der Waals surface area contributed by atoms with Gasteiger partial charge in [0, 0.05) is 5.92 Å². The second kappa shape index (κ2) is 11.5. The van der Waals surface area contributed by atoms with Gasteiger partial charge in [0.2, 0.25) is 5.91 Å². The molecule has 176 valence electrons. The summed E-state index contributed by atoms with van der Waals surface area (Å²) in [6, 6.07) is 14.3. The monoisotopic (exact) mass is 452 g/mol. The second-order valence-corrected chi connectivity index (χ2v) is 8.35. The molecule has 0 radical (unpaired) electrons. The van der Waals surface area contributed by atoms with Crippen molar-refractivity contribution >= 4 is 18.0 Å². The van der Waals surface area contributed by atoms with E-state index in [2.05, 4.69) is 22.8 Å². The average Bonchev–Trinajstić information content (AvgIpc) is 3.13. The van der Waals surface area contributed by atoms with Crippen LogP contribution in [-0.4, -0.2) is 41.8 Å². The van der Waals surface area contributed by atoms with E-state index in [0.717, 1.165) is 28.7 Å². The fourth-order valence-electron chi connectivity index (χ4n) is 4.28. The minimum atomic E-state index is -1.08. The van der Waals surface area contributed by atoms with Gasteiger partial charge in [-0.2, -0.15) is 0 Å². The van der Waals surface area contributed by atoms with E-state index in [0.29, 0.717) is 25.7 Å². The van der Waals surface area contributed by atoms with Crippen molar-refractivity contribution in [2.45, 2.75) is 64.0 Å². The number of nitrogens with one attached hydrogen (secondary N) is 2. The van der Waals surface area contributed by atoms with E-state index >= 15 is 0 Å². The molecule has 0 saturated heterocycles. The normalized spacial score (nSPS) is 14.0. The van der Waals surface area contributed by atoms with E-state index in [-0.39, 0.29) is 12.5 Å². The van der Waals surface area contributed by atoms with Crippen molar-refractivity contribution in [1.82, 2.24) is 10.6 Å². The average molecular weight is 453 g/mol. The number of rotatable bonds is 11. The lowest BCUT2D eigenvalue weighted by Crippen LogP contribution is -2.51. The highest BCUT2D eigenvalue weighted by Gasteiger charge is 2.30. The summed E-state index contributed by atoms with van der Waals surface area (Å²) >= 11 is 0. The van der Waals surface area contributed by atoms with Crippen molar-refractivity contribution in [3.05, 3.63) is 59.7 Å². The molecule has 2 amide bonds. The van der Waals surface area contributed by atoms with Crippen LogP contribution in [0.15, 0.2) is 48.5 Å². The molecular weight excluding hydrogens is 420 g/mol. The van der Waals surface area contributed by atoms with Gasteiger partial charge in [0.25, 0.3) is 0 Å². The van der Waals surface area contributed by atoms with Crippen molar-refractivity contribution in [2.75, 3.05) is 6.61 Å². The van der Waals surface area contributed by atoms with Crippen LogP contribution in [0.5, 0.6) is 0 Å². The molecule has 1 unspecified atom stereocenters. The lowest BCUT2D eigenvalue weighted by atomic mass is 9.98. The molecule has 0 fully saturated rings. The van der Waals surface area contributed by atoms with Crippen LogP contribution < -0.4 is 10.6 Å². The van der Waals surface area contributed by atoms with Crippen LogP contribution in [0.4, 0.5) is 4.79 Å². The largest absolute Gasteiger partial charge is 0.480 e. The quantitative estimate of drug-likeness (QED) is 0.467. The molecule has 2 aromatic carbocycles. The predicted octanol–water partition coefficient (Wildman–Crippen LogP) is 4.45. The van der Waals surface area contributed by atoms with E-state index in [9.17, 15) is 19.5 Å². The van der Waals surface area contributed by atoms with E-state index in [1.165, 1.54) is 0 Å². The van der Waals surface area contributed by atoms with Gasteiger partial charge in [-0.15, -0.1) is 0 Å². The maximum Gasteiger partial charge on any atom is 0.407 e. The Hall–Kier alpha value is -3.35. The molecule has 3 N–H and O–H groups in total. The molecule has 1 aliphatic rings. The first kappa shape index (κ1) is 24.3. The number of alkyl carbamates (subject to hydrolysis) is 1. The molecule has 0 saturated carbocycles. The van der Waals surface area contributed by atoms with Crippen LogP contribution in [0.25, 0.3) is 11.1 Å². The number of ether oxygens (including phenoxy) is 1. The number of aliphatic carboxylic acids is 1. The Kier molecular flexibility index (Phi) is 8.46. The Balaban J connectivity index is 1.62. The number of carboxylic acid groups (broad SMARTS) is 1. The summed E-state index contributed by atoms with van der Waals surface area (Å²) in [4.78, 5) is 36.7. The molecule has 0 spiro atoms. The highest BCUT2D eigenvalue weighted by Crippen LogP contribution is 2.44. The van der Waals surface area contributed by atoms with Crippen molar-refractivity contribution in [3.8, 4) is 11.1 Å². The Morgan fingerprint density at radius 1 is 0.879 bits per heavy atom. The Labute approximate surface area is 194 Å². The zero-order valence-electron chi connectivity index (χ0n) is 19.2. The minimum Gasteiger partial charge on any atom is -0.480 e. The van der Waals surface area contributed by atoms with E-state index in [1.54, 1.807) is 0 Å². The lowest BCUT2D eigenvalue weighted by molar-refractivity contribution is -0.142. The van der Waals surface area contributed by atoms with Gasteiger partial charge in [0.15, 0.2) is 0 Å². The van der Waals surface area contributed by atoms with Crippen LogP contribution in [0.2, 0.25) is 0 Å². The predicted molar refractivity (Wildman–Crippen MR) is 126 cm³/mol. The number of hydrogen-bond acceptors (Lipinski definition) is 4. The van der Waals surface area contributed by atoms with Gasteiger partial charge in [-0.05, 0) is 35.1 Å². The van der Waals surface area contributed by atoms with Gasteiger partial charge in [-0.25, -0.2) is 9.59 Å². The molecule has 7 nitrogen and oxygen atoms in total. The highest BCUT2D eigenvalue weighted by atomic mass is 16.5. The van der Waals surface area contributed by atoms with Gasteiger partial charge in [-0.3, -0.25) is 4.79 Å². The lowest BCUT2D eigenvalue weighted by Gasteiger charge is -2.21. The maximum absolute atomic E-state index is 12.7. The molecule has 0 bridgehead atoms. The van der Waals surface area contributed by atoms with Gasteiger partial charge < -0.3 is 20.5 Å². The summed E-state index contributed by atoms with van der Waals surface area (Å²) in [6.07, 6.45) is 2.21. The molecule has 0 heterocycles. The first-order valence-electron chi connectivity index (χ1n) is 11.6. The van der Waals surface area contributed by atoms with Crippen LogP contribution in [0.3, 0.4) is 0 Å². The number of unbranched alkanes of at least 4 members (excludes halogenated alkanes) is 1. The Morgan fingerprint density at radius 2 is 1.48 bits per heavy atom. The topological polar surface area (TPSA) is 105 Å². The second-order valence-electron chi connectivity index (χ2n) is 8.35. The SMILES string of the molecule is CCCCC(NC(=O)[C@H](CCC)NC(=O)OCC1c2ccccc2-c2ccccc21)C(=O)O. The number of hydrogen-bond donors (Lipinski definition) is 3. The van der Waals surface area contributed by atoms with E-state index in [4.69, 9.17) is 4.74 Å². The van der Waals surface area contributed by atoms with Crippen molar-refractivity contribution in [3.63, 3.8) is 0 Å². The van der Waals surface area contributed by atoms with Crippen molar-refractivity contribution in [1.29, 1.82) is 0 Å². The molecule has 3 rings (SSSR count). The number of benzene rings is 2. The summed E-state index contributed by atoms with van der Waals surface area (Å²) in [5.74, 6) is -1.66. The number of amides is 2. The van der Waals surface area contributed by atoms with E-state index < -0.39 is 30.1 Å². The molecule has 7 heteroatoms. The fraction of sp³-hybridized carbons (Fsp3) is 0.423. The molecule has 33 heavy (non-hydrogen) atoms. The molecule has 2 atom stereocenters. The summed E-state index contributed by atoms with van der Waals surface area (Å²) < 4.78 is 5.54. The summed E-state index contributed by atoms with van der Waals surface area (Å²) in [5.41, 5.74) is 4.48.